The van der Waals surface area contributed by atoms with Gasteiger partial charge in [-0.3, -0.25) is 0 Å². The van der Waals surface area contributed by atoms with Gasteiger partial charge in [0.1, 0.15) is 0 Å². The van der Waals surface area contributed by atoms with Crippen LogP contribution in [-0.2, 0) is 14.2 Å². The molecule has 0 amide bonds. The molecule has 0 aromatic rings. The van der Waals surface area contributed by atoms with E-state index in [0.717, 1.165) is 65.3 Å². The molecule has 0 saturated carbocycles. The van der Waals surface area contributed by atoms with Gasteiger partial charge in [0.25, 0.3) is 0 Å². The van der Waals surface area contributed by atoms with Crippen LogP contribution in [0.25, 0.3) is 0 Å². The van der Waals surface area contributed by atoms with Gasteiger partial charge in [-0.2, -0.15) is 0 Å². The van der Waals surface area contributed by atoms with Crippen LogP contribution in [0.15, 0.2) is 0 Å². The molecule has 0 aliphatic heterocycles. The Labute approximate surface area is 144 Å². The third kappa shape index (κ3) is 15.1. The molecule has 0 unspecified atom stereocenters. The van der Waals surface area contributed by atoms with Gasteiger partial charge in [0.15, 0.2) is 0 Å². The highest BCUT2D eigenvalue weighted by Crippen LogP contribution is 1.93. The van der Waals surface area contributed by atoms with Crippen LogP contribution < -0.4 is 0 Å². The topological polar surface area (TPSA) is 34.2 Å². The zero-order valence-corrected chi connectivity index (χ0v) is 16.0. The second-order valence-corrected chi connectivity index (χ2v) is 5.60. The van der Waals surface area contributed by atoms with Crippen LogP contribution in [0.2, 0.25) is 0 Å². The first-order chi connectivity index (χ1) is 11.3. The van der Waals surface area contributed by atoms with Crippen molar-refractivity contribution in [1.82, 2.24) is 9.80 Å². The van der Waals surface area contributed by atoms with Crippen molar-refractivity contribution in [3.8, 4) is 0 Å². The Morgan fingerprint density at radius 3 is 1.09 bits per heavy atom. The summed E-state index contributed by atoms with van der Waals surface area (Å²) in [4.78, 5) is 4.83. The number of rotatable bonds is 18. The van der Waals surface area contributed by atoms with Gasteiger partial charge in [-0.15, -0.1) is 0 Å². The largest absolute Gasteiger partial charge is 0.379 e. The summed E-state index contributed by atoms with van der Waals surface area (Å²) in [6, 6.07) is 0. The predicted molar refractivity (Wildman–Crippen MR) is 97.3 cm³/mol. The molecule has 23 heavy (non-hydrogen) atoms. The lowest BCUT2D eigenvalue weighted by Gasteiger charge is -2.17. The molecule has 0 radical (unpaired) electrons. The van der Waals surface area contributed by atoms with E-state index >= 15 is 0 Å². The minimum absolute atomic E-state index is 0.661. The third-order valence-electron chi connectivity index (χ3n) is 4.06. The van der Waals surface area contributed by atoms with Crippen molar-refractivity contribution < 1.29 is 14.2 Å². The molecule has 0 N–H and O–H groups in total. The fourth-order valence-electron chi connectivity index (χ4n) is 2.40. The normalized spacial score (nSPS) is 11.7. The number of nitrogens with zero attached hydrogens (tertiary/aromatic N) is 2. The lowest BCUT2D eigenvalue weighted by Crippen LogP contribution is -2.25. The lowest BCUT2D eigenvalue weighted by molar-refractivity contribution is 0.0118. The molecular weight excluding hydrogens is 292 g/mol. The Morgan fingerprint density at radius 2 is 0.783 bits per heavy atom. The summed E-state index contributed by atoms with van der Waals surface area (Å²) in [5, 5.41) is 0. The molecule has 140 valence electrons. The van der Waals surface area contributed by atoms with Crippen LogP contribution in [0.5, 0.6) is 0 Å². The molecule has 0 fully saturated rings. The monoisotopic (exact) mass is 332 g/mol. The zero-order valence-electron chi connectivity index (χ0n) is 16.0. The summed E-state index contributed by atoms with van der Waals surface area (Å²) in [5.74, 6) is 0. The molecule has 0 bridgehead atoms. The fourth-order valence-corrected chi connectivity index (χ4v) is 2.40. The van der Waals surface area contributed by atoms with E-state index in [-0.39, 0.29) is 0 Å². The molecule has 0 rings (SSSR count). The van der Waals surface area contributed by atoms with Crippen LogP contribution in [-0.4, -0.2) is 88.7 Å². The molecule has 5 heteroatoms. The molecule has 0 spiro atoms. The maximum Gasteiger partial charge on any atom is 0.0701 e. The molecule has 0 aromatic heterocycles. The van der Waals surface area contributed by atoms with Crippen molar-refractivity contribution in [3.63, 3.8) is 0 Å². The Morgan fingerprint density at radius 1 is 0.478 bits per heavy atom. The second kappa shape index (κ2) is 18.1. The molecule has 0 atom stereocenters. The third-order valence-corrected chi connectivity index (χ3v) is 4.06. The Hall–Kier alpha value is -0.200. The van der Waals surface area contributed by atoms with Gasteiger partial charge in [-0.05, 0) is 39.0 Å². The van der Waals surface area contributed by atoms with Gasteiger partial charge < -0.3 is 24.0 Å². The van der Waals surface area contributed by atoms with Crippen LogP contribution in [0.1, 0.15) is 40.5 Å². The summed E-state index contributed by atoms with van der Waals surface area (Å²) in [5.41, 5.74) is 0. The van der Waals surface area contributed by atoms with E-state index < -0.39 is 0 Å². The molecular formula is C18H40N2O3. The first kappa shape index (κ1) is 22.8. The maximum atomic E-state index is 5.57. The number of hydrogen-bond acceptors (Lipinski definition) is 5. The fraction of sp³-hybridized carbons (Fsp3) is 1.00. The van der Waals surface area contributed by atoms with Crippen LogP contribution in [0, 0.1) is 0 Å². The molecule has 0 aromatic carbocycles. The average Bonchev–Trinajstić information content (AvgIpc) is 2.59. The summed E-state index contributed by atoms with van der Waals surface area (Å²) in [7, 11) is 0. The van der Waals surface area contributed by atoms with Gasteiger partial charge >= 0.3 is 0 Å². The quantitative estimate of drug-likeness (QED) is 0.360. The van der Waals surface area contributed by atoms with Gasteiger partial charge in [0.05, 0.1) is 26.4 Å². The van der Waals surface area contributed by atoms with Crippen molar-refractivity contribution in [3.05, 3.63) is 0 Å². The first-order valence-corrected chi connectivity index (χ1v) is 9.46. The van der Waals surface area contributed by atoms with Crippen LogP contribution >= 0.6 is 0 Å². The smallest absolute Gasteiger partial charge is 0.0701 e. The summed E-state index contributed by atoms with van der Waals surface area (Å²) in [6.07, 6.45) is 2.19. The average molecular weight is 333 g/mol. The van der Waals surface area contributed by atoms with Crippen molar-refractivity contribution >= 4 is 0 Å². The van der Waals surface area contributed by atoms with Crippen molar-refractivity contribution in [2.24, 2.45) is 0 Å². The SMILES string of the molecule is CCN(CC)CCCOCCOCCOCCCN(CC)CC. The van der Waals surface area contributed by atoms with E-state index in [4.69, 9.17) is 14.2 Å². The second-order valence-electron chi connectivity index (χ2n) is 5.60. The van der Waals surface area contributed by atoms with Gasteiger partial charge in [-0.25, -0.2) is 0 Å². The Bertz CT molecular complexity index is 200. The van der Waals surface area contributed by atoms with E-state index in [1.165, 1.54) is 0 Å². The van der Waals surface area contributed by atoms with Crippen molar-refractivity contribution in [1.29, 1.82) is 0 Å². The lowest BCUT2D eigenvalue weighted by atomic mass is 10.4. The molecule has 0 heterocycles. The summed E-state index contributed by atoms with van der Waals surface area (Å²) in [6.45, 7) is 19.8. The van der Waals surface area contributed by atoms with E-state index in [1.807, 2.05) is 0 Å². The highest BCUT2D eigenvalue weighted by molar-refractivity contribution is 4.52. The van der Waals surface area contributed by atoms with E-state index in [2.05, 4.69) is 37.5 Å². The highest BCUT2D eigenvalue weighted by Gasteiger charge is 1.99. The molecule has 0 aliphatic carbocycles. The molecule has 0 aliphatic rings. The summed E-state index contributed by atoms with van der Waals surface area (Å²) >= 11 is 0. The zero-order chi connectivity index (χ0) is 17.2. The van der Waals surface area contributed by atoms with Gasteiger partial charge in [0.2, 0.25) is 0 Å². The standard InChI is InChI=1S/C18H40N2O3/c1-5-19(6-2)11-9-13-21-15-17-23-18-16-22-14-10-12-20(7-3)8-4/h5-18H2,1-4H3. The number of hydrogen-bond donors (Lipinski definition) is 0. The van der Waals surface area contributed by atoms with Gasteiger partial charge in [-0.1, -0.05) is 27.7 Å². The van der Waals surface area contributed by atoms with E-state index in [0.29, 0.717) is 26.4 Å². The number of ether oxygens (including phenoxy) is 3. The highest BCUT2D eigenvalue weighted by atomic mass is 16.5. The van der Waals surface area contributed by atoms with Crippen molar-refractivity contribution in [2.75, 3.05) is 78.9 Å². The Balaban J connectivity index is 3.13. The molecule has 5 nitrogen and oxygen atoms in total. The van der Waals surface area contributed by atoms with Crippen LogP contribution in [0.4, 0.5) is 0 Å². The Kier molecular flexibility index (Phi) is 18.0. The van der Waals surface area contributed by atoms with E-state index in [9.17, 15) is 0 Å². The van der Waals surface area contributed by atoms with Crippen LogP contribution in [0.3, 0.4) is 0 Å². The van der Waals surface area contributed by atoms with E-state index in [1.54, 1.807) is 0 Å². The molecule has 0 saturated heterocycles. The van der Waals surface area contributed by atoms with Gasteiger partial charge in [0, 0.05) is 26.3 Å². The minimum Gasteiger partial charge on any atom is -0.379 e. The predicted octanol–water partition coefficient (Wildman–Crippen LogP) is 2.50. The first-order valence-electron chi connectivity index (χ1n) is 9.46. The summed E-state index contributed by atoms with van der Waals surface area (Å²) < 4.78 is 16.6. The minimum atomic E-state index is 0.661. The maximum absolute atomic E-state index is 5.57. The van der Waals surface area contributed by atoms with Crippen molar-refractivity contribution in [2.45, 2.75) is 40.5 Å².